The summed E-state index contributed by atoms with van der Waals surface area (Å²) in [5.74, 6) is -0.582. The number of para-hydroxylation sites is 1. The number of benzene rings is 3. The van der Waals surface area contributed by atoms with Crippen LogP contribution in [0, 0.1) is 10.8 Å². The quantitative estimate of drug-likeness (QED) is 0.0931. The second-order valence-electron chi connectivity index (χ2n) is 17.7. The van der Waals surface area contributed by atoms with E-state index >= 15 is 0 Å². The van der Waals surface area contributed by atoms with Crippen LogP contribution in [-0.2, 0) is 27.3 Å². The van der Waals surface area contributed by atoms with E-state index in [0.717, 1.165) is 27.9 Å². The van der Waals surface area contributed by atoms with Crippen LogP contribution in [-0.4, -0.2) is 102 Å². The first-order valence-electron chi connectivity index (χ1n) is 20.8. The van der Waals surface area contributed by atoms with Crippen LogP contribution in [0.25, 0.3) is 11.3 Å². The summed E-state index contributed by atoms with van der Waals surface area (Å²) in [5, 5.41) is 21.0. The normalized spacial score (nSPS) is 15.6. The maximum atomic E-state index is 14.9. The van der Waals surface area contributed by atoms with Gasteiger partial charge < -0.3 is 40.3 Å². The highest BCUT2D eigenvalue weighted by Gasteiger charge is 2.45. The van der Waals surface area contributed by atoms with Crippen LogP contribution in [0.1, 0.15) is 70.6 Å². The van der Waals surface area contributed by atoms with Crippen LogP contribution < -0.4 is 20.7 Å². The molecule has 1 aliphatic heterocycles. The van der Waals surface area contributed by atoms with Gasteiger partial charge in [0.15, 0.2) is 0 Å². The molecule has 61 heavy (non-hydrogen) atoms. The molecule has 13 heteroatoms. The highest BCUT2D eigenvalue weighted by molar-refractivity contribution is 5.89. The lowest BCUT2D eigenvalue weighted by Gasteiger charge is -2.39. The third-order valence-electron chi connectivity index (χ3n) is 11.1. The van der Waals surface area contributed by atoms with Crippen molar-refractivity contribution in [1.82, 2.24) is 30.7 Å². The summed E-state index contributed by atoms with van der Waals surface area (Å²) in [6, 6.07) is 28.2. The zero-order valence-electron chi connectivity index (χ0n) is 36.7. The number of carbonyl (C=O) groups is 4. The highest BCUT2D eigenvalue weighted by atomic mass is 16.5. The number of aliphatic hydroxyl groups excluding tert-OH is 1. The average Bonchev–Trinajstić information content (AvgIpc) is 3.58. The summed E-state index contributed by atoms with van der Waals surface area (Å²) in [7, 11) is 2.83. The largest absolute Gasteiger partial charge is 0.496 e. The Hall–Kier alpha value is -5.95. The second-order valence-corrected chi connectivity index (χ2v) is 17.7. The summed E-state index contributed by atoms with van der Waals surface area (Å²) < 4.78 is 10.3. The number of methoxy groups -OCH3 is 2. The zero-order valence-corrected chi connectivity index (χ0v) is 36.7. The lowest BCUT2D eigenvalue weighted by molar-refractivity contribution is -0.131. The SMILES string of the molecule is COC(=O)NC(C(=O)NCCC(O)C(NC(=O)C(N1CCN(Cc2ccccc2OC)C1=O)C(C)(C)C)C(Cc1ccc(-c2ccccn2)cc1)c1ccccc1)C(C)(C)C. The van der Waals surface area contributed by atoms with Gasteiger partial charge in [0.1, 0.15) is 17.8 Å². The molecule has 4 N–H and O–H groups in total. The van der Waals surface area contributed by atoms with Gasteiger partial charge in [-0.05, 0) is 53.0 Å². The van der Waals surface area contributed by atoms with Crippen molar-refractivity contribution < 1.29 is 33.8 Å². The molecule has 5 atom stereocenters. The number of amides is 5. The Morgan fingerprint density at radius 1 is 0.803 bits per heavy atom. The van der Waals surface area contributed by atoms with E-state index in [4.69, 9.17) is 9.47 Å². The van der Waals surface area contributed by atoms with Crippen LogP contribution >= 0.6 is 0 Å². The van der Waals surface area contributed by atoms with Crippen molar-refractivity contribution in [3.05, 3.63) is 120 Å². The molecule has 1 saturated heterocycles. The fourth-order valence-electron chi connectivity index (χ4n) is 7.97. The summed E-state index contributed by atoms with van der Waals surface area (Å²) in [6.45, 7) is 12.4. The number of carbonyl (C=O) groups excluding carboxylic acids is 4. The molecule has 3 aromatic carbocycles. The molecule has 0 aliphatic carbocycles. The maximum absolute atomic E-state index is 14.9. The van der Waals surface area contributed by atoms with Crippen molar-refractivity contribution in [2.45, 2.75) is 91.1 Å². The molecule has 0 saturated carbocycles. The second kappa shape index (κ2) is 20.5. The monoisotopic (exact) mass is 834 g/mol. The van der Waals surface area contributed by atoms with Gasteiger partial charge in [0, 0.05) is 42.9 Å². The standard InChI is InChI=1S/C48H62N6O7/c1-47(2,3)41(52-45(58)61-8)43(56)50-27-25-38(55)40(36(33-16-10-9-11-17-33)30-32-21-23-34(24-22-32)37-19-14-15-26-49-37)51-44(57)42(48(4,5)6)54-29-28-53(46(54)59)31-35-18-12-13-20-39(35)60-7/h9-24,26,36,38,40-42,55H,25,27-31H2,1-8H3,(H,50,56)(H,51,57)(H,52,58). The van der Waals surface area contributed by atoms with Gasteiger partial charge in [0.05, 0.1) is 38.6 Å². The number of aromatic nitrogens is 1. The van der Waals surface area contributed by atoms with Crippen molar-refractivity contribution in [2.75, 3.05) is 33.9 Å². The molecule has 326 valence electrons. The van der Waals surface area contributed by atoms with Gasteiger partial charge in [-0.25, -0.2) is 9.59 Å². The number of ether oxygens (including phenoxy) is 2. The minimum Gasteiger partial charge on any atom is -0.496 e. The van der Waals surface area contributed by atoms with E-state index in [9.17, 15) is 24.3 Å². The highest BCUT2D eigenvalue weighted by Crippen LogP contribution is 2.33. The van der Waals surface area contributed by atoms with E-state index < -0.39 is 58.9 Å². The van der Waals surface area contributed by atoms with E-state index in [1.165, 1.54) is 7.11 Å². The Morgan fingerprint density at radius 3 is 2.10 bits per heavy atom. The van der Waals surface area contributed by atoms with Crippen molar-refractivity contribution in [1.29, 1.82) is 0 Å². The van der Waals surface area contributed by atoms with E-state index in [0.29, 0.717) is 31.8 Å². The number of aliphatic hydroxyl groups is 1. The lowest BCUT2D eigenvalue weighted by Crippen LogP contribution is -2.59. The smallest absolute Gasteiger partial charge is 0.407 e. The predicted molar refractivity (Wildman–Crippen MR) is 236 cm³/mol. The summed E-state index contributed by atoms with van der Waals surface area (Å²) in [4.78, 5) is 62.5. The maximum Gasteiger partial charge on any atom is 0.407 e. The number of pyridine rings is 1. The first-order chi connectivity index (χ1) is 29.0. The third kappa shape index (κ3) is 12.1. The molecule has 4 aromatic rings. The van der Waals surface area contributed by atoms with E-state index in [1.807, 2.05) is 139 Å². The molecule has 1 aromatic heterocycles. The Morgan fingerprint density at radius 2 is 1.48 bits per heavy atom. The molecule has 13 nitrogen and oxygen atoms in total. The molecule has 0 bridgehead atoms. The molecular weight excluding hydrogens is 773 g/mol. The van der Waals surface area contributed by atoms with E-state index in [2.05, 4.69) is 20.9 Å². The minimum atomic E-state index is -1.15. The van der Waals surface area contributed by atoms with Crippen molar-refractivity contribution in [3.8, 4) is 17.0 Å². The number of hydrogen-bond donors (Lipinski definition) is 4. The third-order valence-corrected chi connectivity index (χ3v) is 11.1. The summed E-state index contributed by atoms with van der Waals surface area (Å²) in [5.41, 5.74) is 3.20. The minimum absolute atomic E-state index is 0.0489. The number of hydrogen-bond acceptors (Lipinski definition) is 8. The van der Waals surface area contributed by atoms with Gasteiger partial charge in [-0.3, -0.25) is 14.6 Å². The first-order valence-corrected chi connectivity index (χ1v) is 20.8. The van der Waals surface area contributed by atoms with Crippen molar-refractivity contribution in [3.63, 3.8) is 0 Å². The Labute approximate surface area is 360 Å². The van der Waals surface area contributed by atoms with Gasteiger partial charge in [0.25, 0.3) is 0 Å². The van der Waals surface area contributed by atoms with Crippen LogP contribution in [0.2, 0.25) is 0 Å². The topological polar surface area (TPSA) is 162 Å². The molecular formula is C48H62N6O7. The summed E-state index contributed by atoms with van der Waals surface area (Å²) in [6.07, 6.45) is 0.392. The van der Waals surface area contributed by atoms with Gasteiger partial charge >= 0.3 is 12.1 Å². The zero-order chi connectivity index (χ0) is 44.3. The molecule has 0 spiro atoms. The molecule has 5 unspecified atom stereocenters. The van der Waals surface area contributed by atoms with Gasteiger partial charge in [-0.2, -0.15) is 0 Å². The number of alkyl carbamates (subject to hydrolysis) is 1. The molecule has 1 aliphatic rings. The van der Waals surface area contributed by atoms with Crippen LogP contribution in [0.4, 0.5) is 9.59 Å². The Bertz CT molecular complexity index is 2070. The van der Waals surface area contributed by atoms with Crippen LogP contribution in [0.5, 0.6) is 5.75 Å². The van der Waals surface area contributed by atoms with Gasteiger partial charge in [-0.1, -0.05) is 120 Å². The van der Waals surface area contributed by atoms with Gasteiger partial charge in [0.2, 0.25) is 11.8 Å². The number of nitrogens with one attached hydrogen (secondary N) is 3. The average molecular weight is 835 g/mol. The fraction of sp³-hybridized carbons (Fsp3) is 0.438. The van der Waals surface area contributed by atoms with Crippen LogP contribution in [0.3, 0.4) is 0 Å². The van der Waals surface area contributed by atoms with E-state index in [-0.39, 0.29) is 19.0 Å². The fourth-order valence-corrected chi connectivity index (χ4v) is 7.97. The molecule has 0 radical (unpaired) electrons. The number of nitrogens with zero attached hydrogens (tertiary/aromatic N) is 3. The van der Waals surface area contributed by atoms with Crippen molar-refractivity contribution in [2.24, 2.45) is 10.8 Å². The predicted octanol–water partition coefficient (Wildman–Crippen LogP) is 6.56. The first kappa shape index (κ1) is 46.1. The summed E-state index contributed by atoms with van der Waals surface area (Å²) >= 11 is 0. The number of rotatable bonds is 17. The number of urea groups is 1. The lowest BCUT2D eigenvalue weighted by atomic mass is 9.81. The molecule has 1 fully saturated rings. The van der Waals surface area contributed by atoms with Crippen LogP contribution in [0.15, 0.2) is 103 Å². The molecule has 5 amide bonds. The molecule has 2 heterocycles. The Balaban J connectivity index is 1.45. The van der Waals surface area contributed by atoms with E-state index in [1.54, 1.807) is 23.1 Å². The Kier molecular flexibility index (Phi) is 15.5. The van der Waals surface area contributed by atoms with Gasteiger partial charge in [-0.15, -0.1) is 0 Å². The van der Waals surface area contributed by atoms with Crippen molar-refractivity contribution >= 4 is 23.9 Å². The molecule has 5 rings (SSSR count).